The summed E-state index contributed by atoms with van der Waals surface area (Å²) < 4.78 is 0. The first-order chi connectivity index (χ1) is 8.63. The van der Waals surface area contributed by atoms with Crippen LogP contribution in [-0.2, 0) is 0 Å². The Balaban J connectivity index is 0.000000199. The molecular weight excluding hydrogens is 232 g/mol. The number of hydrogen-bond acceptors (Lipinski definition) is 3. The van der Waals surface area contributed by atoms with Crippen molar-refractivity contribution in [2.24, 2.45) is 0 Å². The van der Waals surface area contributed by atoms with E-state index < -0.39 is 5.97 Å². The highest BCUT2D eigenvalue weighted by molar-refractivity contribution is 5.90. The zero-order chi connectivity index (χ0) is 13.4. The van der Waals surface area contributed by atoms with E-state index in [1.165, 1.54) is 18.2 Å². The van der Waals surface area contributed by atoms with Gasteiger partial charge in [0.2, 0.25) is 0 Å². The molecule has 2 N–H and O–H groups in total. The summed E-state index contributed by atoms with van der Waals surface area (Å²) in [7, 11) is 0. The first-order valence-electron chi connectivity index (χ1n) is 5.16. The van der Waals surface area contributed by atoms with Gasteiger partial charge in [0.05, 0.1) is 5.56 Å². The third kappa shape index (κ3) is 4.49. The molecule has 92 valence electrons. The van der Waals surface area contributed by atoms with Crippen LogP contribution in [0.5, 0.6) is 5.75 Å². The maximum atomic E-state index is 10.4. The molecule has 2 rings (SSSR count). The van der Waals surface area contributed by atoms with Gasteiger partial charge < -0.3 is 10.2 Å². The molecule has 0 atom stereocenters. The van der Waals surface area contributed by atoms with Gasteiger partial charge in [0.15, 0.2) is 0 Å². The SMILES string of the molecule is O=Cc1cccc(C(=O)O)c1.Oc1ccccc1. The second-order valence-corrected chi connectivity index (χ2v) is 3.38. The van der Waals surface area contributed by atoms with Gasteiger partial charge >= 0.3 is 5.97 Å². The van der Waals surface area contributed by atoms with E-state index in [0.29, 0.717) is 17.6 Å². The number of carbonyl (C=O) groups is 2. The molecule has 0 aliphatic heterocycles. The number of phenolic OH excluding ortho intramolecular Hbond substituents is 1. The number of aromatic hydroxyl groups is 1. The summed E-state index contributed by atoms with van der Waals surface area (Å²) in [6, 6.07) is 14.6. The molecule has 0 aromatic heterocycles. The molecule has 4 nitrogen and oxygen atoms in total. The summed E-state index contributed by atoms with van der Waals surface area (Å²) in [6.07, 6.45) is 0.617. The van der Waals surface area contributed by atoms with Gasteiger partial charge in [0.1, 0.15) is 12.0 Å². The van der Waals surface area contributed by atoms with E-state index in [0.717, 1.165) is 0 Å². The molecule has 0 fully saturated rings. The Bertz CT molecular complexity index is 520. The molecule has 4 heteroatoms. The van der Waals surface area contributed by atoms with Crippen LogP contribution in [0.4, 0.5) is 0 Å². The predicted octanol–water partition coefficient (Wildman–Crippen LogP) is 2.59. The Kier molecular flexibility index (Phi) is 5.12. The summed E-state index contributed by atoms with van der Waals surface area (Å²) in [5.74, 6) is -0.698. The molecule has 0 aliphatic carbocycles. The standard InChI is InChI=1S/C8H6O3.C6H6O/c9-5-6-2-1-3-7(4-6)8(10)11;7-6-4-2-1-3-5-6/h1-5H,(H,10,11);1-5,7H. The van der Waals surface area contributed by atoms with Crippen molar-refractivity contribution in [3.05, 3.63) is 65.7 Å². The summed E-state index contributed by atoms with van der Waals surface area (Å²) in [5, 5.41) is 17.1. The van der Waals surface area contributed by atoms with Crippen LogP contribution in [0.2, 0.25) is 0 Å². The lowest BCUT2D eigenvalue weighted by Gasteiger charge is -1.92. The fourth-order valence-corrected chi connectivity index (χ4v) is 1.17. The van der Waals surface area contributed by atoms with E-state index in [-0.39, 0.29) is 5.56 Å². The molecular formula is C14H12O4. The minimum Gasteiger partial charge on any atom is -0.508 e. The van der Waals surface area contributed by atoms with Gasteiger partial charge in [0, 0.05) is 5.56 Å². The van der Waals surface area contributed by atoms with E-state index in [9.17, 15) is 9.59 Å². The molecule has 0 saturated heterocycles. The van der Waals surface area contributed by atoms with E-state index >= 15 is 0 Å². The molecule has 0 radical (unpaired) electrons. The van der Waals surface area contributed by atoms with Gasteiger partial charge in [-0.25, -0.2) is 4.79 Å². The summed E-state index contributed by atoms with van der Waals surface area (Å²) in [6.45, 7) is 0. The van der Waals surface area contributed by atoms with Crippen LogP contribution in [-0.4, -0.2) is 22.5 Å². The van der Waals surface area contributed by atoms with Crippen LogP contribution < -0.4 is 0 Å². The Morgan fingerprint density at radius 1 is 1.00 bits per heavy atom. The van der Waals surface area contributed by atoms with Crippen molar-refractivity contribution in [1.82, 2.24) is 0 Å². The fourth-order valence-electron chi connectivity index (χ4n) is 1.17. The minimum absolute atomic E-state index is 0.134. The van der Waals surface area contributed by atoms with Gasteiger partial charge in [-0.3, -0.25) is 4.79 Å². The van der Waals surface area contributed by atoms with Crippen molar-refractivity contribution in [2.75, 3.05) is 0 Å². The Hall–Kier alpha value is -2.62. The third-order valence-corrected chi connectivity index (χ3v) is 2.03. The van der Waals surface area contributed by atoms with Crippen LogP contribution in [0.15, 0.2) is 54.6 Å². The second kappa shape index (κ2) is 6.85. The van der Waals surface area contributed by atoms with Crippen molar-refractivity contribution in [2.45, 2.75) is 0 Å². The number of para-hydroxylation sites is 1. The number of carboxylic acids is 1. The molecule has 2 aromatic carbocycles. The number of carbonyl (C=O) groups excluding carboxylic acids is 1. The van der Waals surface area contributed by atoms with E-state index in [1.807, 2.05) is 6.07 Å². The summed E-state index contributed by atoms with van der Waals surface area (Å²) >= 11 is 0. The minimum atomic E-state index is -1.02. The molecule has 0 unspecified atom stereocenters. The van der Waals surface area contributed by atoms with Crippen LogP contribution >= 0.6 is 0 Å². The second-order valence-electron chi connectivity index (χ2n) is 3.38. The number of benzene rings is 2. The normalized spacial score (nSPS) is 8.89. The molecule has 0 heterocycles. The van der Waals surface area contributed by atoms with Crippen molar-refractivity contribution in [3.8, 4) is 5.75 Å². The van der Waals surface area contributed by atoms with Crippen molar-refractivity contribution in [3.63, 3.8) is 0 Å². The zero-order valence-electron chi connectivity index (χ0n) is 9.48. The monoisotopic (exact) mass is 244 g/mol. The van der Waals surface area contributed by atoms with Crippen LogP contribution in [0.25, 0.3) is 0 Å². The van der Waals surface area contributed by atoms with Crippen molar-refractivity contribution in [1.29, 1.82) is 0 Å². The molecule has 2 aromatic rings. The molecule has 0 spiro atoms. The fraction of sp³-hybridized carbons (Fsp3) is 0. The van der Waals surface area contributed by atoms with Crippen LogP contribution in [0.1, 0.15) is 20.7 Å². The van der Waals surface area contributed by atoms with E-state index in [1.54, 1.807) is 30.3 Å². The van der Waals surface area contributed by atoms with Gasteiger partial charge in [0.25, 0.3) is 0 Å². The quantitative estimate of drug-likeness (QED) is 0.796. The Labute approximate surface area is 104 Å². The lowest BCUT2D eigenvalue weighted by atomic mass is 10.1. The summed E-state index contributed by atoms with van der Waals surface area (Å²) in [5.41, 5.74) is 0.513. The maximum Gasteiger partial charge on any atom is 0.335 e. The number of aldehydes is 1. The molecule has 0 aliphatic rings. The average molecular weight is 244 g/mol. The van der Waals surface area contributed by atoms with E-state index in [4.69, 9.17) is 10.2 Å². The summed E-state index contributed by atoms with van der Waals surface area (Å²) in [4.78, 5) is 20.5. The van der Waals surface area contributed by atoms with Crippen LogP contribution in [0, 0.1) is 0 Å². The first-order valence-corrected chi connectivity index (χ1v) is 5.16. The maximum absolute atomic E-state index is 10.4. The topological polar surface area (TPSA) is 74.6 Å². The van der Waals surface area contributed by atoms with Gasteiger partial charge in [-0.05, 0) is 24.3 Å². The predicted molar refractivity (Wildman–Crippen MR) is 66.9 cm³/mol. The van der Waals surface area contributed by atoms with Crippen molar-refractivity contribution >= 4 is 12.3 Å². The number of hydrogen-bond donors (Lipinski definition) is 2. The largest absolute Gasteiger partial charge is 0.508 e. The molecule has 0 saturated carbocycles. The lowest BCUT2D eigenvalue weighted by Crippen LogP contribution is -1.96. The highest BCUT2D eigenvalue weighted by Gasteiger charge is 2.01. The first kappa shape index (κ1) is 13.4. The number of rotatable bonds is 2. The smallest absolute Gasteiger partial charge is 0.335 e. The lowest BCUT2D eigenvalue weighted by molar-refractivity contribution is 0.0697. The average Bonchev–Trinajstić information content (AvgIpc) is 2.40. The highest BCUT2D eigenvalue weighted by atomic mass is 16.4. The van der Waals surface area contributed by atoms with E-state index in [2.05, 4.69) is 0 Å². The molecule has 18 heavy (non-hydrogen) atoms. The number of carboxylic acid groups (broad SMARTS) is 1. The van der Waals surface area contributed by atoms with Gasteiger partial charge in [-0.2, -0.15) is 0 Å². The molecule has 0 bridgehead atoms. The number of phenols is 1. The third-order valence-electron chi connectivity index (χ3n) is 2.03. The highest BCUT2D eigenvalue weighted by Crippen LogP contribution is 2.03. The van der Waals surface area contributed by atoms with Crippen LogP contribution in [0.3, 0.4) is 0 Å². The van der Waals surface area contributed by atoms with Crippen molar-refractivity contribution < 1.29 is 19.8 Å². The van der Waals surface area contributed by atoms with Gasteiger partial charge in [-0.15, -0.1) is 0 Å². The zero-order valence-corrected chi connectivity index (χ0v) is 9.48. The number of aromatic carboxylic acids is 1. The Morgan fingerprint density at radius 2 is 1.67 bits per heavy atom. The Morgan fingerprint density at radius 3 is 2.11 bits per heavy atom. The van der Waals surface area contributed by atoms with Gasteiger partial charge in [-0.1, -0.05) is 30.3 Å². The molecule has 0 amide bonds.